The molecule has 0 spiro atoms. The van der Waals surface area contributed by atoms with Crippen molar-refractivity contribution in [1.82, 2.24) is 10.6 Å². The van der Waals surface area contributed by atoms with Crippen molar-refractivity contribution in [3.8, 4) is 0 Å². The van der Waals surface area contributed by atoms with Gasteiger partial charge in [-0.2, -0.15) is 0 Å². The molecule has 6 heteroatoms. The van der Waals surface area contributed by atoms with Gasteiger partial charge in [-0.15, -0.1) is 0 Å². The first kappa shape index (κ1) is 14.3. The molecule has 0 atom stereocenters. The summed E-state index contributed by atoms with van der Waals surface area (Å²) in [6.07, 6.45) is 2.74. The van der Waals surface area contributed by atoms with Crippen molar-refractivity contribution >= 4 is 12.2 Å². The molecule has 0 aromatic carbocycles. The van der Waals surface area contributed by atoms with Crippen LogP contribution < -0.4 is 10.6 Å². The first-order valence-corrected chi connectivity index (χ1v) is 4.90. The second-order valence-electron chi connectivity index (χ2n) is 3.03. The lowest BCUT2D eigenvalue weighted by Crippen LogP contribution is -2.35. The number of methoxy groups -OCH3 is 2. The van der Waals surface area contributed by atoms with Gasteiger partial charge >= 0.3 is 12.2 Å². The summed E-state index contributed by atoms with van der Waals surface area (Å²) in [5, 5.41) is 5.11. The Labute approximate surface area is 95.0 Å². The molecule has 0 bridgehead atoms. The van der Waals surface area contributed by atoms with Gasteiger partial charge in [0.05, 0.1) is 14.2 Å². The number of alkyl carbamates (subject to hydrolysis) is 2. The summed E-state index contributed by atoms with van der Waals surface area (Å²) < 4.78 is 8.88. The van der Waals surface area contributed by atoms with Crippen LogP contribution in [-0.2, 0) is 9.47 Å². The topological polar surface area (TPSA) is 76.7 Å². The van der Waals surface area contributed by atoms with Crippen molar-refractivity contribution in [3.05, 3.63) is 12.2 Å². The molecular weight excluding hydrogens is 212 g/mol. The van der Waals surface area contributed by atoms with Crippen LogP contribution >= 0.6 is 0 Å². The Morgan fingerprint density at radius 2 is 1.56 bits per heavy atom. The van der Waals surface area contributed by atoms with Crippen molar-refractivity contribution in [3.63, 3.8) is 0 Å². The van der Waals surface area contributed by atoms with E-state index in [1.165, 1.54) is 14.2 Å². The van der Waals surface area contributed by atoms with Gasteiger partial charge in [0.2, 0.25) is 0 Å². The molecule has 0 fully saturated rings. The summed E-state index contributed by atoms with van der Waals surface area (Å²) in [6, 6.07) is 0. The van der Waals surface area contributed by atoms with E-state index in [4.69, 9.17) is 0 Å². The Balaban J connectivity index is 3.97. The number of allylic oxidation sites excluding steroid dienone is 1. The SMILES string of the molecule is CC=CC(CNC(=O)OC)CNC(=O)OC. The van der Waals surface area contributed by atoms with Gasteiger partial charge in [-0.25, -0.2) is 9.59 Å². The van der Waals surface area contributed by atoms with E-state index in [0.29, 0.717) is 13.1 Å². The molecule has 2 amide bonds. The standard InChI is InChI=1S/C10H18N2O4/c1-4-5-8(6-11-9(13)15-2)7-12-10(14)16-3/h4-5,8H,6-7H2,1-3H3,(H,11,13)(H,12,14). The zero-order valence-corrected chi connectivity index (χ0v) is 9.78. The van der Waals surface area contributed by atoms with E-state index < -0.39 is 12.2 Å². The summed E-state index contributed by atoms with van der Waals surface area (Å²) in [5.41, 5.74) is 0. The number of ether oxygens (including phenoxy) is 2. The molecule has 2 N–H and O–H groups in total. The van der Waals surface area contributed by atoms with Gasteiger partial charge < -0.3 is 20.1 Å². The molecule has 0 unspecified atom stereocenters. The lowest BCUT2D eigenvalue weighted by atomic mass is 10.1. The number of carbonyl (C=O) groups excluding carboxylic acids is 2. The third kappa shape index (κ3) is 6.69. The van der Waals surface area contributed by atoms with Gasteiger partial charge in [-0.1, -0.05) is 12.2 Å². The second-order valence-corrected chi connectivity index (χ2v) is 3.03. The largest absolute Gasteiger partial charge is 0.453 e. The Morgan fingerprint density at radius 3 is 1.88 bits per heavy atom. The fourth-order valence-corrected chi connectivity index (χ4v) is 1.05. The van der Waals surface area contributed by atoms with Crippen LogP contribution in [0.4, 0.5) is 9.59 Å². The fraction of sp³-hybridized carbons (Fsp3) is 0.600. The molecule has 16 heavy (non-hydrogen) atoms. The normalized spacial score (nSPS) is 10.2. The zero-order valence-electron chi connectivity index (χ0n) is 9.78. The zero-order chi connectivity index (χ0) is 12.4. The molecule has 6 nitrogen and oxygen atoms in total. The minimum absolute atomic E-state index is 0.00296. The Morgan fingerprint density at radius 1 is 1.12 bits per heavy atom. The Hall–Kier alpha value is -1.72. The number of rotatable bonds is 5. The highest BCUT2D eigenvalue weighted by Gasteiger charge is 2.08. The lowest BCUT2D eigenvalue weighted by molar-refractivity contribution is 0.167. The van der Waals surface area contributed by atoms with E-state index in [1.807, 2.05) is 19.1 Å². The number of amides is 2. The number of carbonyl (C=O) groups is 2. The highest BCUT2D eigenvalue weighted by atomic mass is 16.5. The summed E-state index contributed by atoms with van der Waals surface area (Å²) >= 11 is 0. The van der Waals surface area contributed by atoms with Crippen LogP contribution in [0, 0.1) is 5.92 Å². The molecule has 0 aromatic heterocycles. The van der Waals surface area contributed by atoms with Crippen LogP contribution in [0.2, 0.25) is 0 Å². The highest BCUT2D eigenvalue weighted by molar-refractivity contribution is 5.67. The van der Waals surface area contributed by atoms with Crippen molar-refractivity contribution < 1.29 is 19.1 Å². The van der Waals surface area contributed by atoms with E-state index in [-0.39, 0.29) is 5.92 Å². The minimum atomic E-state index is -0.493. The van der Waals surface area contributed by atoms with Gasteiger partial charge in [0.15, 0.2) is 0 Å². The van der Waals surface area contributed by atoms with Crippen molar-refractivity contribution in [1.29, 1.82) is 0 Å². The number of hydrogen-bond donors (Lipinski definition) is 2. The third-order valence-corrected chi connectivity index (χ3v) is 1.85. The molecule has 0 saturated carbocycles. The van der Waals surface area contributed by atoms with E-state index in [9.17, 15) is 9.59 Å². The van der Waals surface area contributed by atoms with E-state index >= 15 is 0 Å². The predicted octanol–water partition coefficient (Wildman–Crippen LogP) is 0.891. The van der Waals surface area contributed by atoms with Crippen LogP contribution in [0.25, 0.3) is 0 Å². The average Bonchev–Trinajstić information content (AvgIpc) is 2.31. The van der Waals surface area contributed by atoms with Crippen LogP contribution in [0.3, 0.4) is 0 Å². The molecular formula is C10H18N2O4. The molecule has 0 aromatic rings. The molecule has 0 aliphatic heterocycles. The first-order chi connectivity index (χ1) is 7.63. The van der Waals surface area contributed by atoms with Crippen LogP contribution in [0.15, 0.2) is 12.2 Å². The molecule has 0 heterocycles. The van der Waals surface area contributed by atoms with Gasteiger partial charge in [0.25, 0.3) is 0 Å². The summed E-state index contributed by atoms with van der Waals surface area (Å²) in [4.78, 5) is 21.7. The fourth-order valence-electron chi connectivity index (χ4n) is 1.05. The first-order valence-electron chi connectivity index (χ1n) is 4.90. The maximum atomic E-state index is 10.8. The Bertz CT molecular complexity index is 233. The number of hydrogen-bond acceptors (Lipinski definition) is 4. The van der Waals surface area contributed by atoms with E-state index in [0.717, 1.165) is 0 Å². The molecule has 0 saturated heterocycles. The van der Waals surface area contributed by atoms with Crippen molar-refractivity contribution in [2.45, 2.75) is 6.92 Å². The second kappa shape index (κ2) is 8.58. The van der Waals surface area contributed by atoms with E-state index in [1.54, 1.807) is 0 Å². The van der Waals surface area contributed by atoms with Crippen molar-refractivity contribution in [2.24, 2.45) is 5.92 Å². The maximum Gasteiger partial charge on any atom is 0.406 e. The summed E-state index contributed by atoms with van der Waals surface area (Å²) in [7, 11) is 2.60. The molecule has 0 rings (SSSR count). The Kier molecular flexibility index (Phi) is 7.66. The van der Waals surface area contributed by atoms with Crippen molar-refractivity contribution in [2.75, 3.05) is 27.3 Å². The number of nitrogens with one attached hydrogen (secondary N) is 2. The van der Waals surface area contributed by atoms with Crippen LogP contribution in [-0.4, -0.2) is 39.5 Å². The van der Waals surface area contributed by atoms with Crippen LogP contribution in [0.1, 0.15) is 6.92 Å². The quantitative estimate of drug-likeness (QED) is 0.688. The average molecular weight is 230 g/mol. The van der Waals surface area contributed by atoms with Crippen LogP contribution in [0.5, 0.6) is 0 Å². The third-order valence-electron chi connectivity index (χ3n) is 1.85. The van der Waals surface area contributed by atoms with Gasteiger partial charge in [-0.05, 0) is 6.92 Å². The molecule has 92 valence electrons. The summed E-state index contributed by atoms with van der Waals surface area (Å²) in [5.74, 6) is 0.00296. The maximum absolute atomic E-state index is 10.8. The summed E-state index contributed by atoms with van der Waals surface area (Å²) in [6.45, 7) is 2.64. The predicted molar refractivity (Wildman–Crippen MR) is 59.1 cm³/mol. The molecule has 0 radical (unpaired) electrons. The van der Waals surface area contributed by atoms with Gasteiger partial charge in [-0.3, -0.25) is 0 Å². The monoisotopic (exact) mass is 230 g/mol. The smallest absolute Gasteiger partial charge is 0.406 e. The minimum Gasteiger partial charge on any atom is -0.453 e. The highest BCUT2D eigenvalue weighted by Crippen LogP contribution is 1.96. The van der Waals surface area contributed by atoms with Gasteiger partial charge in [0, 0.05) is 19.0 Å². The van der Waals surface area contributed by atoms with E-state index in [2.05, 4.69) is 20.1 Å². The lowest BCUT2D eigenvalue weighted by Gasteiger charge is -2.13. The molecule has 0 aliphatic carbocycles. The van der Waals surface area contributed by atoms with Gasteiger partial charge in [0.1, 0.15) is 0 Å². The molecule has 0 aliphatic rings.